The highest BCUT2D eigenvalue weighted by atomic mass is 16.5. The van der Waals surface area contributed by atoms with E-state index >= 15 is 0 Å². The van der Waals surface area contributed by atoms with E-state index in [1.165, 1.54) is 5.57 Å². The third kappa shape index (κ3) is 2.71. The number of benzene rings is 1. The first-order chi connectivity index (χ1) is 11.8. The molecule has 0 saturated carbocycles. The minimum Gasteiger partial charge on any atom is -0.497 e. The number of aromatic nitrogens is 2. The summed E-state index contributed by atoms with van der Waals surface area (Å²) >= 11 is 0. The molecule has 4 rings (SSSR count). The summed E-state index contributed by atoms with van der Waals surface area (Å²) in [6, 6.07) is 10.1. The SMILES string of the molecule is COc1ccc2[nH]cc(C=C3CCCN=C3c3cccnc3)c2c1. The normalized spacial score (nSPS) is 16.4. The zero-order valence-electron chi connectivity index (χ0n) is 13.6. The van der Waals surface area contributed by atoms with Gasteiger partial charge in [0.05, 0.1) is 12.8 Å². The third-order valence-electron chi connectivity index (χ3n) is 4.36. The van der Waals surface area contributed by atoms with Crippen LogP contribution < -0.4 is 4.74 Å². The molecule has 0 radical (unpaired) electrons. The molecule has 1 aromatic carbocycles. The Morgan fingerprint density at radius 3 is 3.04 bits per heavy atom. The van der Waals surface area contributed by atoms with Crippen LogP contribution in [0.25, 0.3) is 17.0 Å². The van der Waals surface area contributed by atoms with E-state index in [0.717, 1.165) is 52.9 Å². The topological polar surface area (TPSA) is 50.3 Å². The van der Waals surface area contributed by atoms with Crippen LogP contribution in [0.3, 0.4) is 0 Å². The van der Waals surface area contributed by atoms with Crippen molar-refractivity contribution in [1.82, 2.24) is 9.97 Å². The largest absolute Gasteiger partial charge is 0.497 e. The van der Waals surface area contributed by atoms with Gasteiger partial charge in [-0.2, -0.15) is 0 Å². The summed E-state index contributed by atoms with van der Waals surface area (Å²) in [4.78, 5) is 12.3. The van der Waals surface area contributed by atoms with E-state index in [0.29, 0.717) is 0 Å². The molecule has 120 valence electrons. The molecule has 1 aliphatic rings. The Labute approximate surface area is 140 Å². The Balaban J connectivity index is 1.79. The van der Waals surface area contributed by atoms with E-state index in [9.17, 15) is 0 Å². The lowest BCUT2D eigenvalue weighted by molar-refractivity contribution is 0.415. The maximum Gasteiger partial charge on any atom is 0.119 e. The highest BCUT2D eigenvalue weighted by Crippen LogP contribution is 2.28. The van der Waals surface area contributed by atoms with Crippen LogP contribution in [0.15, 0.2) is 59.5 Å². The number of rotatable bonds is 3. The van der Waals surface area contributed by atoms with Crippen LogP contribution in [0.4, 0.5) is 0 Å². The molecule has 0 aliphatic carbocycles. The summed E-state index contributed by atoms with van der Waals surface area (Å²) in [6.45, 7) is 0.878. The quantitative estimate of drug-likeness (QED) is 0.785. The number of H-pyrrole nitrogens is 1. The second kappa shape index (κ2) is 6.32. The zero-order valence-corrected chi connectivity index (χ0v) is 13.6. The van der Waals surface area contributed by atoms with Crippen molar-refractivity contribution >= 4 is 22.7 Å². The van der Waals surface area contributed by atoms with E-state index in [-0.39, 0.29) is 0 Å². The van der Waals surface area contributed by atoms with Crippen molar-refractivity contribution in [3.05, 3.63) is 65.6 Å². The van der Waals surface area contributed by atoms with Crippen LogP contribution in [-0.2, 0) is 0 Å². The van der Waals surface area contributed by atoms with Crippen molar-refractivity contribution in [1.29, 1.82) is 0 Å². The van der Waals surface area contributed by atoms with Crippen LogP contribution in [0.2, 0.25) is 0 Å². The minimum atomic E-state index is 0.867. The molecule has 0 spiro atoms. The first-order valence-electron chi connectivity index (χ1n) is 8.16. The van der Waals surface area contributed by atoms with Gasteiger partial charge < -0.3 is 9.72 Å². The van der Waals surface area contributed by atoms with Gasteiger partial charge in [-0.25, -0.2) is 0 Å². The Hall–Kier alpha value is -2.88. The van der Waals surface area contributed by atoms with Gasteiger partial charge in [0.15, 0.2) is 0 Å². The lowest BCUT2D eigenvalue weighted by Crippen LogP contribution is -2.11. The number of hydrogen-bond donors (Lipinski definition) is 1. The number of ether oxygens (including phenoxy) is 1. The lowest BCUT2D eigenvalue weighted by atomic mass is 9.95. The molecular formula is C20H19N3O. The van der Waals surface area contributed by atoms with Crippen molar-refractivity contribution in [2.24, 2.45) is 4.99 Å². The molecule has 3 aromatic rings. The average molecular weight is 317 g/mol. The van der Waals surface area contributed by atoms with Crippen molar-refractivity contribution in [2.75, 3.05) is 13.7 Å². The fourth-order valence-corrected chi connectivity index (χ4v) is 3.16. The number of methoxy groups -OCH3 is 1. The molecule has 2 aromatic heterocycles. The number of hydrogen-bond acceptors (Lipinski definition) is 3. The van der Waals surface area contributed by atoms with Gasteiger partial charge in [0, 0.05) is 47.2 Å². The van der Waals surface area contributed by atoms with Gasteiger partial charge in [0.2, 0.25) is 0 Å². The van der Waals surface area contributed by atoms with E-state index in [2.05, 4.69) is 28.2 Å². The monoisotopic (exact) mass is 317 g/mol. The molecule has 0 fully saturated rings. The highest BCUT2D eigenvalue weighted by Gasteiger charge is 2.15. The molecular weight excluding hydrogens is 298 g/mol. The van der Waals surface area contributed by atoms with Crippen molar-refractivity contribution < 1.29 is 4.74 Å². The molecule has 1 N–H and O–H groups in total. The second-order valence-corrected chi connectivity index (χ2v) is 5.90. The number of aliphatic imine (C=N–C) groups is 1. The van der Waals surface area contributed by atoms with Crippen LogP contribution in [-0.4, -0.2) is 29.3 Å². The van der Waals surface area contributed by atoms with Gasteiger partial charge in [-0.15, -0.1) is 0 Å². The number of pyridine rings is 1. The first kappa shape index (κ1) is 14.7. The fraction of sp³-hybridized carbons (Fsp3) is 0.200. The highest BCUT2D eigenvalue weighted by molar-refractivity contribution is 6.15. The molecule has 3 heterocycles. The third-order valence-corrected chi connectivity index (χ3v) is 4.36. The molecule has 0 saturated heterocycles. The first-order valence-corrected chi connectivity index (χ1v) is 8.16. The summed E-state index contributed by atoms with van der Waals surface area (Å²) in [7, 11) is 1.69. The maximum atomic E-state index is 5.36. The predicted molar refractivity (Wildman–Crippen MR) is 97.7 cm³/mol. The summed E-state index contributed by atoms with van der Waals surface area (Å²) in [6.07, 6.45) is 10.1. The maximum absolute atomic E-state index is 5.36. The van der Waals surface area contributed by atoms with Gasteiger partial charge in [-0.05, 0) is 54.8 Å². The Morgan fingerprint density at radius 1 is 1.25 bits per heavy atom. The molecule has 4 heteroatoms. The fourth-order valence-electron chi connectivity index (χ4n) is 3.16. The predicted octanol–water partition coefficient (Wildman–Crippen LogP) is 4.24. The molecule has 0 bridgehead atoms. The summed E-state index contributed by atoms with van der Waals surface area (Å²) in [5.41, 5.74) is 5.68. The summed E-state index contributed by atoms with van der Waals surface area (Å²) in [5.74, 6) is 0.867. The summed E-state index contributed by atoms with van der Waals surface area (Å²) < 4.78 is 5.36. The number of allylic oxidation sites excluding steroid dienone is 1. The average Bonchev–Trinajstić information content (AvgIpc) is 3.05. The number of nitrogens with zero attached hydrogens (tertiary/aromatic N) is 2. The van der Waals surface area contributed by atoms with Gasteiger partial charge in [0.1, 0.15) is 5.75 Å². The smallest absolute Gasteiger partial charge is 0.119 e. The van der Waals surface area contributed by atoms with Gasteiger partial charge in [0.25, 0.3) is 0 Å². The Bertz CT molecular complexity index is 922. The van der Waals surface area contributed by atoms with Crippen molar-refractivity contribution in [2.45, 2.75) is 12.8 Å². The summed E-state index contributed by atoms with van der Waals surface area (Å²) in [5, 5.41) is 1.16. The van der Waals surface area contributed by atoms with E-state index < -0.39 is 0 Å². The number of fused-ring (bicyclic) bond motifs is 1. The Morgan fingerprint density at radius 2 is 2.21 bits per heavy atom. The van der Waals surface area contributed by atoms with Crippen LogP contribution >= 0.6 is 0 Å². The zero-order chi connectivity index (χ0) is 16.4. The van der Waals surface area contributed by atoms with E-state index in [4.69, 9.17) is 9.73 Å². The van der Waals surface area contributed by atoms with Gasteiger partial charge >= 0.3 is 0 Å². The molecule has 0 unspecified atom stereocenters. The van der Waals surface area contributed by atoms with Gasteiger partial charge in [-0.3, -0.25) is 9.98 Å². The molecule has 1 aliphatic heterocycles. The molecule has 24 heavy (non-hydrogen) atoms. The van der Waals surface area contributed by atoms with E-state index in [1.54, 1.807) is 13.3 Å². The number of nitrogens with one attached hydrogen (secondary N) is 1. The number of aromatic amines is 1. The Kier molecular flexibility index (Phi) is 3.87. The molecule has 0 atom stereocenters. The molecule has 0 amide bonds. The van der Waals surface area contributed by atoms with Crippen LogP contribution in [0.1, 0.15) is 24.0 Å². The van der Waals surface area contributed by atoms with E-state index in [1.807, 2.05) is 30.6 Å². The second-order valence-electron chi connectivity index (χ2n) is 5.90. The van der Waals surface area contributed by atoms with Gasteiger partial charge in [-0.1, -0.05) is 0 Å². The van der Waals surface area contributed by atoms with Crippen LogP contribution in [0, 0.1) is 0 Å². The van der Waals surface area contributed by atoms with Crippen molar-refractivity contribution in [3.63, 3.8) is 0 Å². The minimum absolute atomic E-state index is 0.867. The standard InChI is InChI=1S/C20H19N3O/c1-24-17-6-7-19-18(11-17)16(13-23-19)10-14-4-3-9-22-20(14)15-5-2-8-21-12-15/h2,5-8,10-13,23H,3-4,9H2,1H3. The van der Waals surface area contributed by atoms with Crippen molar-refractivity contribution in [3.8, 4) is 5.75 Å². The van der Waals surface area contributed by atoms with Crippen LogP contribution in [0.5, 0.6) is 5.75 Å². The lowest BCUT2D eigenvalue weighted by Gasteiger charge is -2.16. The molecule has 4 nitrogen and oxygen atoms in total.